The topological polar surface area (TPSA) is 77.0 Å². The van der Waals surface area contributed by atoms with Gasteiger partial charge in [0.25, 0.3) is 0 Å². The maximum Gasteiger partial charge on any atom is 0.156 e. The van der Waals surface area contributed by atoms with Gasteiger partial charge in [0.1, 0.15) is 0 Å². The third-order valence-electron chi connectivity index (χ3n) is 2.93. The third kappa shape index (κ3) is 2.22. The molecule has 2 heterocycles. The van der Waals surface area contributed by atoms with Crippen molar-refractivity contribution in [2.75, 3.05) is 11.1 Å². The highest BCUT2D eigenvalue weighted by molar-refractivity contribution is 5.97. The van der Waals surface area contributed by atoms with Gasteiger partial charge < -0.3 is 15.6 Å². The van der Waals surface area contributed by atoms with E-state index < -0.39 is 0 Å². The summed E-state index contributed by atoms with van der Waals surface area (Å²) in [7, 11) is 0. The van der Waals surface area contributed by atoms with Crippen molar-refractivity contribution < 1.29 is 4.52 Å². The summed E-state index contributed by atoms with van der Waals surface area (Å²) in [6.07, 6.45) is 1.74. The molecule has 19 heavy (non-hydrogen) atoms. The first-order valence-corrected chi connectivity index (χ1v) is 6.03. The molecule has 1 aromatic carbocycles. The minimum atomic E-state index is 0.578. The van der Waals surface area contributed by atoms with Crippen molar-refractivity contribution in [2.24, 2.45) is 0 Å². The van der Waals surface area contributed by atoms with E-state index in [0.29, 0.717) is 12.2 Å². The van der Waals surface area contributed by atoms with E-state index in [0.717, 1.165) is 28.0 Å². The molecule has 0 unspecified atom stereocenters. The van der Waals surface area contributed by atoms with Gasteiger partial charge in [-0.25, -0.2) is 0 Å². The molecule has 0 aliphatic rings. The molecular weight excluding hydrogens is 240 g/mol. The zero-order valence-electron chi connectivity index (χ0n) is 10.6. The highest BCUT2D eigenvalue weighted by Gasteiger charge is 2.05. The van der Waals surface area contributed by atoms with Crippen molar-refractivity contribution in [3.8, 4) is 0 Å². The van der Waals surface area contributed by atoms with Crippen LogP contribution in [0.1, 0.15) is 11.5 Å². The van der Waals surface area contributed by atoms with Crippen LogP contribution in [0, 0.1) is 6.92 Å². The molecule has 0 saturated heterocycles. The van der Waals surface area contributed by atoms with Crippen molar-refractivity contribution in [1.82, 2.24) is 10.1 Å². The fourth-order valence-corrected chi connectivity index (χ4v) is 2.04. The molecule has 0 bridgehead atoms. The number of nitrogen functional groups attached to an aromatic ring is 1. The molecule has 0 fully saturated rings. The lowest BCUT2D eigenvalue weighted by atomic mass is 10.1. The van der Waals surface area contributed by atoms with Crippen LogP contribution in [0.25, 0.3) is 10.9 Å². The molecule has 3 N–H and O–H groups in total. The Morgan fingerprint density at radius 1 is 1.32 bits per heavy atom. The summed E-state index contributed by atoms with van der Waals surface area (Å²) in [5, 5.41) is 8.17. The number of nitrogens with zero attached hydrogens (tertiary/aromatic N) is 2. The first kappa shape index (κ1) is 11.5. The van der Waals surface area contributed by atoms with Gasteiger partial charge in [0.2, 0.25) is 0 Å². The minimum Gasteiger partial charge on any atom is -0.397 e. The number of aryl methyl sites for hydroxylation is 1. The standard InChI is InChI=1S/C14H14N4O/c1-9-7-10(19-18-9)8-17-13-5-6-16-14-11(13)3-2-4-12(14)15/h2-7H,8,15H2,1H3,(H,16,17). The van der Waals surface area contributed by atoms with Crippen molar-refractivity contribution in [1.29, 1.82) is 0 Å². The number of anilines is 2. The van der Waals surface area contributed by atoms with Gasteiger partial charge in [-0.05, 0) is 19.1 Å². The molecular formula is C14H14N4O. The van der Waals surface area contributed by atoms with Gasteiger partial charge in [0.05, 0.1) is 23.4 Å². The van der Waals surface area contributed by atoms with Gasteiger partial charge in [0.15, 0.2) is 5.76 Å². The number of para-hydroxylation sites is 1. The summed E-state index contributed by atoms with van der Waals surface area (Å²) < 4.78 is 5.17. The number of benzene rings is 1. The summed E-state index contributed by atoms with van der Waals surface area (Å²) in [4.78, 5) is 4.30. The van der Waals surface area contributed by atoms with Gasteiger partial charge in [-0.1, -0.05) is 17.3 Å². The Hall–Kier alpha value is -2.56. The Kier molecular flexibility index (Phi) is 2.79. The minimum absolute atomic E-state index is 0.578. The molecule has 0 aliphatic heterocycles. The molecule has 3 rings (SSSR count). The predicted molar refractivity (Wildman–Crippen MR) is 74.7 cm³/mol. The molecule has 0 atom stereocenters. The Balaban J connectivity index is 1.91. The number of aromatic nitrogens is 2. The average molecular weight is 254 g/mol. The predicted octanol–water partition coefficient (Wildman–Crippen LogP) is 2.73. The van der Waals surface area contributed by atoms with E-state index in [1.165, 1.54) is 0 Å². The molecule has 3 aromatic rings. The maximum atomic E-state index is 5.92. The van der Waals surface area contributed by atoms with Gasteiger partial charge >= 0.3 is 0 Å². The lowest BCUT2D eigenvalue weighted by molar-refractivity contribution is 0.384. The lowest BCUT2D eigenvalue weighted by Crippen LogP contribution is -2.00. The number of hydrogen-bond acceptors (Lipinski definition) is 5. The second-order valence-corrected chi connectivity index (χ2v) is 4.39. The number of fused-ring (bicyclic) bond motifs is 1. The zero-order valence-corrected chi connectivity index (χ0v) is 10.6. The van der Waals surface area contributed by atoms with Crippen LogP contribution in [-0.2, 0) is 6.54 Å². The molecule has 2 aromatic heterocycles. The highest BCUT2D eigenvalue weighted by atomic mass is 16.5. The fraction of sp³-hybridized carbons (Fsp3) is 0.143. The van der Waals surface area contributed by atoms with E-state index in [1.807, 2.05) is 37.3 Å². The van der Waals surface area contributed by atoms with E-state index in [4.69, 9.17) is 10.3 Å². The summed E-state index contributed by atoms with van der Waals surface area (Å²) >= 11 is 0. The monoisotopic (exact) mass is 254 g/mol. The van der Waals surface area contributed by atoms with Crippen LogP contribution in [0.3, 0.4) is 0 Å². The van der Waals surface area contributed by atoms with Crippen LogP contribution < -0.4 is 11.1 Å². The van der Waals surface area contributed by atoms with E-state index >= 15 is 0 Å². The highest BCUT2D eigenvalue weighted by Crippen LogP contribution is 2.25. The first-order valence-electron chi connectivity index (χ1n) is 6.03. The molecule has 5 nitrogen and oxygen atoms in total. The van der Waals surface area contributed by atoms with Gasteiger partial charge in [-0.2, -0.15) is 0 Å². The summed E-state index contributed by atoms with van der Waals surface area (Å²) in [6, 6.07) is 9.59. The summed E-state index contributed by atoms with van der Waals surface area (Å²) in [5.41, 5.74) is 9.25. The van der Waals surface area contributed by atoms with Crippen LogP contribution in [0.5, 0.6) is 0 Å². The largest absolute Gasteiger partial charge is 0.397 e. The fourth-order valence-electron chi connectivity index (χ4n) is 2.04. The number of hydrogen-bond donors (Lipinski definition) is 2. The van der Waals surface area contributed by atoms with Crippen LogP contribution in [0.2, 0.25) is 0 Å². The van der Waals surface area contributed by atoms with E-state index in [2.05, 4.69) is 15.5 Å². The van der Waals surface area contributed by atoms with Gasteiger partial charge in [-0.15, -0.1) is 0 Å². The Bertz CT molecular complexity index is 720. The molecule has 0 saturated carbocycles. The second kappa shape index (κ2) is 4.61. The van der Waals surface area contributed by atoms with E-state index in [9.17, 15) is 0 Å². The molecule has 0 spiro atoms. The molecule has 0 amide bonds. The number of rotatable bonds is 3. The number of nitrogens with one attached hydrogen (secondary N) is 1. The SMILES string of the molecule is Cc1cc(CNc2ccnc3c(N)cccc23)on1. The molecule has 5 heteroatoms. The number of pyridine rings is 1. The van der Waals surface area contributed by atoms with Crippen molar-refractivity contribution in [3.05, 3.63) is 48.0 Å². The van der Waals surface area contributed by atoms with Crippen LogP contribution in [0.4, 0.5) is 11.4 Å². The lowest BCUT2D eigenvalue weighted by Gasteiger charge is -2.08. The Morgan fingerprint density at radius 2 is 2.21 bits per heavy atom. The van der Waals surface area contributed by atoms with Crippen LogP contribution in [0.15, 0.2) is 41.1 Å². The molecule has 96 valence electrons. The van der Waals surface area contributed by atoms with E-state index in [1.54, 1.807) is 6.20 Å². The normalized spacial score (nSPS) is 10.8. The van der Waals surface area contributed by atoms with Crippen molar-refractivity contribution >= 4 is 22.3 Å². The summed E-state index contributed by atoms with van der Waals surface area (Å²) in [5.74, 6) is 0.798. The van der Waals surface area contributed by atoms with Crippen LogP contribution in [-0.4, -0.2) is 10.1 Å². The van der Waals surface area contributed by atoms with Gasteiger partial charge in [0, 0.05) is 23.3 Å². The van der Waals surface area contributed by atoms with Crippen molar-refractivity contribution in [2.45, 2.75) is 13.5 Å². The second-order valence-electron chi connectivity index (χ2n) is 4.39. The smallest absolute Gasteiger partial charge is 0.156 e. The average Bonchev–Trinajstić information content (AvgIpc) is 2.83. The van der Waals surface area contributed by atoms with Crippen molar-refractivity contribution in [3.63, 3.8) is 0 Å². The Labute approximate surface area is 110 Å². The quantitative estimate of drug-likeness (QED) is 0.703. The maximum absolute atomic E-state index is 5.92. The van der Waals surface area contributed by atoms with E-state index in [-0.39, 0.29) is 0 Å². The Morgan fingerprint density at radius 3 is 3.00 bits per heavy atom. The summed E-state index contributed by atoms with van der Waals surface area (Å²) in [6.45, 7) is 2.48. The zero-order chi connectivity index (χ0) is 13.2. The van der Waals surface area contributed by atoms with Crippen LogP contribution >= 0.6 is 0 Å². The third-order valence-corrected chi connectivity index (χ3v) is 2.93. The molecule has 0 aliphatic carbocycles. The number of nitrogens with two attached hydrogens (primary N) is 1. The first-order chi connectivity index (χ1) is 9.24. The molecule has 0 radical (unpaired) electrons. The van der Waals surface area contributed by atoms with Gasteiger partial charge in [-0.3, -0.25) is 4.98 Å².